The van der Waals surface area contributed by atoms with Crippen LogP contribution >= 0.6 is 0 Å². The summed E-state index contributed by atoms with van der Waals surface area (Å²) in [5, 5.41) is 2.30. The normalized spacial score (nSPS) is 22.4. The summed E-state index contributed by atoms with van der Waals surface area (Å²) in [5.41, 5.74) is -0.651. The molecule has 1 aromatic rings. The van der Waals surface area contributed by atoms with Gasteiger partial charge in [-0.3, -0.25) is 19.8 Å². The smallest absolute Gasteiger partial charge is 0.276 e. The van der Waals surface area contributed by atoms with E-state index in [1.54, 1.807) is 24.3 Å². The van der Waals surface area contributed by atoms with Gasteiger partial charge in [-0.05, 0) is 12.0 Å². The molecular formula is C16H20N2O3. The van der Waals surface area contributed by atoms with Crippen LogP contribution in [0.15, 0.2) is 30.3 Å². The average Bonchev–Trinajstić information content (AvgIpc) is 2.50. The van der Waals surface area contributed by atoms with Crippen molar-refractivity contribution in [1.82, 2.24) is 10.2 Å². The maximum Gasteiger partial charge on any atom is 0.330 e. The van der Waals surface area contributed by atoms with Crippen LogP contribution in [0.3, 0.4) is 0 Å². The number of urea groups is 1. The van der Waals surface area contributed by atoms with Gasteiger partial charge in [-0.25, -0.2) is 4.79 Å². The highest BCUT2D eigenvalue weighted by Gasteiger charge is 2.53. The summed E-state index contributed by atoms with van der Waals surface area (Å²) in [7, 11) is 1.40. The fourth-order valence-electron chi connectivity index (χ4n) is 2.75. The summed E-state index contributed by atoms with van der Waals surface area (Å²) in [4.78, 5) is 37.8. The van der Waals surface area contributed by atoms with Gasteiger partial charge < -0.3 is 0 Å². The molecule has 1 fully saturated rings. The van der Waals surface area contributed by atoms with E-state index in [2.05, 4.69) is 12.2 Å². The van der Waals surface area contributed by atoms with E-state index in [1.165, 1.54) is 7.05 Å². The molecule has 5 heteroatoms. The molecule has 112 valence electrons. The minimum atomic E-state index is -1.29. The van der Waals surface area contributed by atoms with Crippen molar-refractivity contribution in [2.75, 3.05) is 7.05 Å². The van der Waals surface area contributed by atoms with Gasteiger partial charge >= 0.3 is 6.03 Å². The molecule has 1 aliphatic heterocycles. The van der Waals surface area contributed by atoms with Crippen molar-refractivity contribution in [3.63, 3.8) is 0 Å². The third-order valence-corrected chi connectivity index (χ3v) is 4.00. The first-order chi connectivity index (χ1) is 10.0. The Bertz CT molecular complexity index is 556. The van der Waals surface area contributed by atoms with Gasteiger partial charge in [-0.1, -0.05) is 56.5 Å². The number of carbonyl (C=O) groups excluding carboxylic acids is 3. The largest absolute Gasteiger partial charge is 0.330 e. The molecule has 0 radical (unpaired) electrons. The third-order valence-electron chi connectivity index (χ3n) is 4.00. The van der Waals surface area contributed by atoms with E-state index < -0.39 is 23.3 Å². The van der Waals surface area contributed by atoms with Crippen molar-refractivity contribution in [3.8, 4) is 0 Å². The molecule has 2 rings (SSSR count). The number of imide groups is 2. The van der Waals surface area contributed by atoms with E-state index in [1.807, 2.05) is 6.07 Å². The van der Waals surface area contributed by atoms with E-state index in [-0.39, 0.29) is 0 Å². The second kappa shape index (κ2) is 6.08. The number of nitrogens with zero attached hydrogens (tertiary/aromatic N) is 1. The molecule has 21 heavy (non-hydrogen) atoms. The molecule has 0 aromatic heterocycles. The number of carbonyl (C=O) groups is 3. The van der Waals surface area contributed by atoms with Crippen molar-refractivity contribution < 1.29 is 14.4 Å². The number of hydrogen-bond acceptors (Lipinski definition) is 3. The molecule has 1 aromatic carbocycles. The number of likely N-dealkylation sites (N-methyl/N-ethyl adjacent to an activating group) is 1. The zero-order valence-corrected chi connectivity index (χ0v) is 12.4. The quantitative estimate of drug-likeness (QED) is 0.667. The molecule has 0 saturated carbocycles. The van der Waals surface area contributed by atoms with Crippen LogP contribution < -0.4 is 5.32 Å². The fraction of sp³-hybridized carbons (Fsp3) is 0.438. The lowest BCUT2D eigenvalue weighted by molar-refractivity contribution is -0.145. The number of hydrogen-bond donors (Lipinski definition) is 1. The highest BCUT2D eigenvalue weighted by atomic mass is 16.2. The van der Waals surface area contributed by atoms with Crippen LogP contribution in [0, 0.1) is 0 Å². The molecule has 1 aliphatic rings. The van der Waals surface area contributed by atoms with Crippen molar-refractivity contribution in [3.05, 3.63) is 35.9 Å². The molecule has 0 spiro atoms. The summed E-state index contributed by atoms with van der Waals surface area (Å²) < 4.78 is 0. The SMILES string of the molecule is CCCCC[C@]1(c2ccccc2)C(=O)NC(=O)N(C)C1=O. The van der Waals surface area contributed by atoms with Gasteiger partial charge in [0.25, 0.3) is 5.91 Å². The van der Waals surface area contributed by atoms with Crippen molar-refractivity contribution in [2.24, 2.45) is 0 Å². The molecule has 1 heterocycles. The van der Waals surface area contributed by atoms with Crippen LogP contribution in [0.4, 0.5) is 4.79 Å². The summed E-state index contributed by atoms with van der Waals surface area (Å²) in [5.74, 6) is -0.962. The van der Waals surface area contributed by atoms with Crippen LogP contribution in [0.25, 0.3) is 0 Å². The highest BCUT2D eigenvalue weighted by molar-refractivity contribution is 6.22. The maximum absolute atomic E-state index is 12.7. The molecule has 1 N–H and O–H groups in total. The molecule has 5 nitrogen and oxygen atoms in total. The molecule has 0 bridgehead atoms. The van der Waals surface area contributed by atoms with E-state index >= 15 is 0 Å². The van der Waals surface area contributed by atoms with Crippen molar-refractivity contribution in [1.29, 1.82) is 0 Å². The first kappa shape index (κ1) is 15.2. The Balaban J connectivity index is 2.47. The standard InChI is InChI=1S/C16H20N2O3/c1-3-4-8-11-16(12-9-6-5-7-10-12)13(19)17-15(21)18(2)14(16)20/h5-7,9-10H,3-4,8,11H2,1-2H3,(H,17,19,21)/t16-/m0/s1. The zero-order valence-electron chi connectivity index (χ0n) is 12.4. The second-order valence-electron chi connectivity index (χ2n) is 5.35. The van der Waals surface area contributed by atoms with Gasteiger partial charge in [-0.15, -0.1) is 0 Å². The minimum absolute atomic E-state index is 0.410. The van der Waals surface area contributed by atoms with Crippen LogP contribution in [0.1, 0.15) is 38.2 Å². The number of rotatable bonds is 5. The van der Waals surface area contributed by atoms with Crippen LogP contribution in [0.2, 0.25) is 0 Å². The van der Waals surface area contributed by atoms with E-state index in [4.69, 9.17) is 0 Å². The van der Waals surface area contributed by atoms with Gasteiger partial charge in [0, 0.05) is 7.05 Å². The van der Waals surface area contributed by atoms with Gasteiger partial charge in [0.1, 0.15) is 0 Å². The van der Waals surface area contributed by atoms with Crippen LogP contribution in [-0.4, -0.2) is 29.8 Å². The molecular weight excluding hydrogens is 268 g/mol. The van der Waals surface area contributed by atoms with Crippen LogP contribution in [0.5, 0.6) is 0 Å². The first-order valence-electron chi connectivity index (χ1n) is 7.23. The predicted molar refractivity (Wildman–Crippen MR) is 78.6 cm³/mol. The Morgan fingerprint density at radius 3 is 2.38 bits per heavy atom. The third kappa shape index (κ3) is 2.55. The highest BCUT2D eigenvalue weighted by Crippen LogP contribution is 2.34. The number of amides is 4. The summed E-state index contributed by atoms with van der Waals surface area (Å²) in [6.45, 7) is 2.06. The lowest BCUT2D eigenvalue weighted by Gasteiger charge is -2.38. The van der Waals surface area contributed by atoms with Crippen molar-refractivity contribution in [2.45, 2.75) is 38.0 Å². The van der Waals surface area contributed by atoms with Gasteiger partial charge in [0.05, 0.1) is 0 Å². The lowest BCUT2D eigenvalue weighted by atomic mass is 9.73. The molecule has 4 amide bonds. The summed E-state index contributed by atoms with van der Waals surface area (Å²) in [6, 6.07) is 8.32. The number of nitrogens with one attached hydrogen (secondary N) is 1. The predicted octanol–water partition coefficient (Wildman–Crippen LogP) is 2.21. The monoisotopic (exact) mass is 288 g/mol. The number of benzene rings is 1. The number of unbranched alkanes of at least 4 members (excludes halogenated alkanes) is 2. The zero-order chi connectivity index (χ0) is 15.5. The second-order valence-corrected chi connectivity index (χ2v) is 5.35. The molecule has 0 aliphatic carbocycles. The van der Waals surface area contributed by atoms with Gasteiger partial charge in [-0.2, -0.15) is 0 Å². The van der Waals surface area contributed by atoms with E-state index in [9.17, 15) is 14.4 Å². The Morgan fingerprint density at radius 1 is 1.10 bits per heavy atom. The Kier molecular flexibility index (Phi) is 4.40. The topological polar surface area (TPSA) is 66.5 Å². The summed E-state index contributed by atoms with van der Waals surface area (Å²) >= 11 is 0. The van der Waals surface area contributed by atoms with Gasteiger partial charge in [0.15, 0.2) is 5.41 Å². The maximum atomic E-state index is 12.7. The van der Waals surface area contributed by atoms with Crippen molar-refractivity contribution >= 4 is 17.8 Å². The van der Waals surface area contributed by atoms with Gasteiger partial charge in [0.2, 0.25) is 5.91 Å². The summed E-state index contributed by atoms with van der Waals surface area (Å²) in [6.07, 6.45) is 3.10. The number of barbiturate groups is 1. The Labute approximate surface area is 124 Å². The van der Waals surface area contributed by atoms with E-state index in [0.717, 1.165) is 24.2 Å². The fourth-order valence-corrected chi connectivity index (χ4v) is 2.75. The average molecular weight is 288 g/mol. The van der Waals surface area contributed by atoms with E-state index in [0.29, 0.717) is 12.0 Å². The van der Waals surface area contributed by atoms with Crippen LogP contribution in [-0.2, 0) is 15.0 Å². The molecule has 0 unspecified atom stereocenters. The molecule has 1 saturated heterocycles. The molecule has 1 atom stereocenters. The Hall–Kier alpha value is -2.17. The Morgan fingerprint density at radius 2 is 1.76 bits per heavy atom. The lowest BCUT2D eigenvalue weighted by Crippen LogP contribution is -2.64. The first-order valence-corrected chi connectivity index (χ1v) is 7.23. The minimum Gasteiger partial charge on any atom is -0.276 e.